The SMILES string of the molecule is O=c1c2cccc3cccc(c4cc5ccc(-c6ccccc6)ccc5c14)c32. The van der Waals surface area contributed by atoms with Gasteiger partial charge in [-0.05, 0) is 44.1 Å². The second-order valence-electron chi connectivity index (χ2n) is 7.33. The zero-order valence-electron chi connectivity index (χ0n) is 15.1. The van der Waals surface area contributed by atoms with Gasteiger partial charge in [0.2, 0.25) is 0 Å². The summed E-state index contributed by atoms with van der Waals surface area (Å²) in [4.78, 5) is 13.4. The average Bonchev–Trinajstić information content (AvgIpc) is 2.99. The number of rotatable bonds is 1. The lowest BCUT2D eigenvalue weighted by atomic mass is 9.96. The molecule has 0 N–H and O–H groups in total. The van der Waals surface area contributed by atoms with E-state index in [1.165, 1.54) is 5.56 Å². The maximum atomic E-state index is 13.4. The minimum absolute atomic E-state index is 0.127. The number of fused-ring (bicyclic) bond motifs is 4. The van der Waals surface area contributed by atoms with Gasteiger partial charge in [-0.25, -0.2) is 0 Å². The van der Waals surface area contributed by atoms with Gasteiger partial charge >= 0.3 is 0 Å². The first-order valence-electron chi connectivity index (χ1n) is 9.50. The molecule has 0 heterocycles. The molecule has 1 heteroatoms. The van der Waals surface area contributed by atoms with Crippen LogP contribution in [0.2, 0.25) is 0 Å². The maximum absolute atomic E-state index is 13.4. The van der Waals surface area contributed by atoms with Crippen LogP contribution in [0.4, 0.5) is 0 Å². The summed E-state index contributed by atoms with van der Waals surface area (Å²) in [5, 5.41) is 8.17. The van der Waals surface area contributed by atoms with Gasteiger partial charge in [0.25, 0.3) is 0 Å². The second-order valence-corrected chi connectivity index (χ2v) is 7.33. The predicted molar refractivity (Wildman–Crippen MR) is 119 cm³/mol. The first-order valence-corrected chi connectivity index (χ1v) is 9.50. The van der Waals surface area contributed by atoms with E-state index in [4.69, 9.17) is 0 Å². The molecule has 0 saturated heterocycles. The summed E-state index contributed by atoms with van der Waals surface area (Å²) in [7, 11) is 0. The lowest BCUT2D eigenvalue weighted by Gasteiger charge is -2.06. The molecule has 0 aliphatic heterocycles. The van der Waals surface area contributed by atoms with Crippen molar-refractivity contribution in [3.05, 3.63) is 107 Å². The van der Waals surface area contributed by atoms with Crippen LogP contribution in [0.15, 0.2) is 102 Å². The highest BCUT2D eigenvalue weighted by molar-refractivity contribution is 6.27. The van der Waals surface area contributed by atoms with Crippen molar-refractivity contribution >= 4 is 43.1 Å². The van der Waals surface area contributed by atoms with Crippen LogP contribution in [-0.4, -0.2) is 0 Å². The summed E-state index contributed by atoms with van der Waals surface area (Å²) in [6.45, 7) is 0. The van der Waals surface area contributed by atoms with Crippen LogP contribution in [0.5, 0.6) is 0 Å². The van der Waals surface area contributed by atoms with Crippen molar-refractivity contribution in [2.24, 2.45) is 0 Å². The Bertz CT molecular complexity index is 1560. The van der Waals surface area contributed by atoms with E-state index in [2.05, 4.69) is 66.7 Å². The molecular weight excluding hydrogens is 340 g/mol. The van der Waals surface area contributed by atoms with Crippen molar-refractivity contribution in [3.8, 4) is 11.1 Å². The van der Waals surface area contributed by atoms with Crippen molar-refractivity contribution in [1.82, 2.24) is 0 Å². The second kappa shape index (κ2) is 5.64. The minimum atomic E-state index is 0.127. The molecule has 0 unspecified atom stereocenters. The highest BCUT2D eigenvalue weighted by Crippen LogP contribution is 2.36. The molecule has 0 aromatic heterocycles. The molecule has 0 amide bonds. The van der Waals surface area contributed by atoms with Crippen molar-refractivity contribution in [3.63, 3.8) is 0 Å². The van der Waals surface area contributed by atoms with Crippen molar-refractivity contribution in [2.45, 2.75) is 0 Å². The summed E-state index contributed by atoms with van der Waals surface area (Å²) in [6, 6.07) is 33.3. The summed E-state index contributed by atoms with van der Waals surface area (Å²) in [6.07, 6.45) is 0. The molecule has 0 spiro atoms. The van der Waals surface area contributed by atoms with E-state index in [1.807, 2.05) is 30.3 Å². The molecule has 0 bridgehead atoms. The van der Waals surface area contributed by atoms with Crippen molar-refractivity contribution in [2.75, 3.05) is 0 Å². The molecule has 0 radical (unpaired) electrons. The molecule has 0 fully saturated rings. The van der Waals surface area contributed by atoms with E-state index in [-0.39, 0.29) is 5.43 Å². The van der Waals surface area contributed by atoms with E-state index in [9.17, 15) is 4.79 Å². The normalized spacial score (nSPS) is 11.7. The highest BCUT2D eigenvalue weighted by atomic mass is 16.1. The Morgan fingerprint density at radius 2 is 1.14 bits per heavy atom. The van der Waals surface area contributed by atoms with E-state index in [1.54, 1.807) is 0 Å². The fourth-order valence-corrected chi connectivity index (χ4v) is 4.49. The smallest absolute Gasteiger partial charge is 0.194 e. The molecule has 0 atom stereocenters. The number of hydrogen-bond donors (Lipinski definition) is 0. The maximum Gasteiger partial charge on any atom is 0.194 e. The summed E-state index contributed by atoms with van der Waals surface area (Å²) in [5.74, 6) is 0. The Hall–Kier alpha value is -3.71. The summed E-state index contributed by atoms with van der Waals surface area (Å²) < 4.78 is 0. The van der Waals surface area contributed by atoms with E-state index in [0.717, 1.165) is 48.7 Å². The third-order valence-corrected chi connectivity index (χ3v) is 5.80. The molecule has 0 aliphatic carbocycles. The van der Waals surface area contributed by atoms with Crippen LogP contribution in [-0.2, 0) is 0 Å². The predicted octanol–water partition coefficient (Wildman–Crippen LogP) is 6.76. The zero-order chi connectivity index (χ0) is 18.7. The molecule has 6 rings (SSSR count). The molecule has 6 aromatic carbocycles. The Kier molecular flexibility index (Phi) is 3.09. The van der Waals surface area contributed by atoms with Gasteiger partial charge < -0.3 is 0 Å². The first-order chi connectivity index (χ1) is 13.8. The van der Waals surface area contributed by atoms with Crippen LogP contribution in [0.3, 0.4) is 0 Å². The number of hydrogen-bond acceptors (Lipinski definition) is 1. The van der Waals surface area contributed by atoms with E-state index in [0.29, 0.717) is 0 Å². The Morgan fingerprint density at radius 1 is 0.429 bits per heavy atom. The van der Waals surface area contributed by atoms with Crippen molar-refractivity contribution in [1.29, 1.82) is 0 Å². The molecule has 0 saturated carbocycles. The zero-order valence-corrected chi connectivity index (χ0v) is 15.1. The molecular formula is C27H16O. The van der Waals surface area contributed by atoms with E-state index < -0.39 is 0 Å². The third kappa shape index (κ3) is 2.04. The van der Waals surface area contributed by atoms with Gasteiger partial charge in [0.15, 0.2) is 5.43 Å². The van der Waals surface area contributed by atoms with Crippen LogP contribution < -0.4 is 5.43 Å². The summed E-state index contributed by atoms with van der Waals surface area (Å²) >= 11 is 0. The van der Waals surface area contributed by atoms with Gasteiger partial charge in [0.05, 0.1) is 0 Å². The van der Waals surface area contributed by atoms with Gasteiger partial charge in [-0.1, -0.05) is 91.0 Å². The first kappa shape index (κ1) is 15.4. The number of benzene rings is 4. The van der Waals surface area contributed by atoms with Gasteiger partial charge in [-0.3, -0.25) is 4.79 Å². The van der Waals surface area contributed by atoms with Crippen molar-refractivity contribution < 1.29 is 0 Å². The van der Waals surface area contributed by atoms with Crippen LogP contribution >= 0.6 is 0 Å². The Morgan fingerprint density at radius 3 is 1.96 bits per heavy atom. The minimum Gasteiger partial charge on any atom is -0.289 e. The quantitative estimate of drug-likeness (QED) is 0.318. The van der Waals surface area contributed by atoms with E-state index >= 15 is 0 Å². The van der Waals surface area contributed by atoms with Gasteiger partial charge in [0.1, 0.15) is 0 Å². The van der Waals surface area contributed by atoms with Crippen LogP contribution in [0, 0.1) is 0 Å². The fourth-order valence-electron chi connectivity index (χ4n) is 4.49. The molecule has 28 heavy (non-hydrogen) atoms. The lowest BCUT2D eigenvalue weighted by molar-refractivity contribution is 1.66. The fraction of sp³-hybridized carbons (Fsp3) is 0. The van der Waals surface area contributed by atoms with Gasteiger partial charge in [-0.15, -0.1) is 0 Å². The molecule has 0 aliphatic rings. The Labute approximate surface area is 161 Å². The molecule has 1 nitrogen and oxygen atoms in total. The van der Waals surface area contributed by atoms with Gasteiger partial charge in [-0.2, -0.15) is 0 Å². The molecule has 130 valence electrons. The monoisotopic (exact) mass is 356 g/mol. The Balaban J connectivity index is 1.77. The average molecular weight is 356 g/mol. The lowest BCUT2D eigenvalue weighted by Crippen LogP contribution is -2.01. The van der Waals surface area contributed by atoms with Crippen LogP contribution in [0.1, 0.15) is 0 Å². The summed E-state index contributed by atoms with van der Waals surface area (Å²) in [5.41, 5.74) is 2.45. The van der Waals surface area contributed by atoms with Gasteiger partial charge in [0, 0.05) is 16.2 Å². The highest BCUT2D eigenvalue weighted by Gasteiger charge is 2.15. The topological polar surface area (TPSA) is 17.1 Å². The standard InChI is InChI=1S/C27H16O/c28-27-23-11-5-9-19-8-4-10-22(25(19)23)24-16-20-13-12-18(14-15-21(20)26(24)27)17-6-2-1-3-7-17/h1-16H. The largest absolute Gasteiger partial charge is 0.289 e. The molecule has 6 aromatic rings. The third-order valence-electron chi connectivity index (χ3n) is 5.80. The van der Waals surface area contributed by atoms with Crippen LogP contribution in [0.25, 0.3) is 54.2 Å².